The van der Waals surface area contributed by atoms with Crippen LogP contribution in [0.2, 0.25) is 0 Å². The van der Waals surface area contributed by atoms with Crippen molar-refractivity contribution >= 4 is 29.1 Å². The SMILES string of the molecule is Cc1ccc(C(=O)N2CCN(c3ccc(NC(=O)CN(C(=O)C4CCCC4)C(C)C)cc3)CC2)cc1. The van der Waals surface area contributed by atoms with Crippen LogP contribution in [0.1, 0.15) is 55.5 Å². The van der Waals surface area contributed by atoms with Gasteiger partial charge in [0.05, 0.1) is 0 Å². The number of piperazine rings is 1. The Morgan fingerprint density at radius 2 is 1.53 bits per heavy atom. The van der Waals surface area contributed by atoms with Gasteiger partial charge in [-0.05, 0) is 70.0 Å². The quantitative estimate of drug-likeness (QED) is 0.627. The Balaban J connectivity index is 1.28. The zero-order valence-electron chi connectivity index (χ0n) is 21.7. The minimum absolute atomic E-state index is 0.0113. The van der Waals surface area contributed by atoms with Gasteiger partial charge in [0.1, 0.15) is 6.54 Å². The van der Waals surface area contributed by atoms with Crippen molar-refractivity contribution in [3.63, 3.8) is 0 Å². The molecule has 1 aliphatic heterocycles. The number of anilines is 2. The molecule has 0 unspecified atom stereocenters. The third-order valence-corrected chi connectivity index (χ3v) is 7.31. The molecular formula is C29H38N4O3. The van der Waals surface area contributed by atoms with Crippen LogP contribution in [-0.2, 0) is 9.59 Å². The van der Waals surface area contributed by atoms with E-state index in [-0.39, 0.29) is 36.2 Å². The van der Waals surface area contributed by atoms with E-state index in [2.05, 4.69) is 10.2 Å². The molecule has 1 N–H and O–H groups in total. The first kappa shape index (κ1) is 25.7. The van der Waals surface area contributed by atoms with Gasteiger partial charge in [-0.15, -0.1) is 0 Å². The van der Waals surface area contributed by atoms with Crippen molar-refractivity contribution < 1.29 is 14.4 Å². The largest absolute Gasteiger partial charge is 0.368 e. The average Bonchev–Trinajstić information content (AvgIpc) is 3.43. The third-order valence-electron chi connectivity index (χ3n) is 7.31. The second-order valence-electron chi connectivity index (χ2n) is 10.3. The first-order valence-electron chi connectivity index (χ1n) is 13.1. The highest BCUT2D eigenvalue weighted by molar-refractivity contribution is 5.95. The Morgan fingerprint density at radius 3 is 2.11 bits per heavy atom. The van der Waals surface area contributed by atoms with E-state index in [0.717, 1.165) is 55.6 Å². The van der Waals surface area contributed by atoms with Crippen molar-refractivity contribution in [2.24, 2.45) is 5.92 Å². The van der Waals surface area contributed by atoms with Crippen LogP contribution in [-0.4, -0.2) is 66.3 Å². The van der Waals surface area contributed by atoms with Gasteiger partial charge in [0.2, 0.25) is 11.8 Å². The van der Waals surface area contributed by atoms with E-state index in [1.54, 1.807) is 4.90 Å². The number of rotatable bonds is 7. The zero-order valence-corrected chi connectivity index (χ0v) is 21.7. The summed E-state index contributed by atoms with van der Waals surface area (Å²) in [7, 11) is 0. The van der Waals surface area contributed by atoms with Gasteiger partial charge in [-0.25, -0.2) is 0 Å². The molecule has 0 bridgehead atoms. The number of nitrogens with one attached hydrogen (secondary N) is 1. The van der Waals surface area contributed by atoms with E-state index in [1.165, 1.54) is 0 Å². The molecule has 2 aliphatic rings. The first-order valence-corrected chi connectivity index (χ1v) is 13.1. The molecule has 192 valence electrons. The number of carbonyl (C=O) groups excluding carboxylic acids is 3. The molecule has 3 amide bonds. The fourth-order valence-corrected chi connectivity index (χ4v) is 5.08. The van der Waals surface area contributed by atoms with E-state index < -0.39 is 0 Å². The number of hydrogen-bond acceptors (Lipinski definition) is 4. The van der Waals surface area contributed by atoms with Crippen molar-refractivity contribution in [3.05, 3.63) is 59.7 Å². The summed E-state index contributed by atoms with van der Waals surface area (Å²) in [5, 5.41) is 2.94. The fourth-order valence-electron chi connectivity index (χ4n) is 5.08. The van der Waals surface area contributed by atoms with Crippen molar-refractivity contribution in [1.29, 1.82) is 0 Å². The molecule has 2 aromatic carbocycles. The van der Waals surface area contributed by atoms with E-state index >= 15 is 0 Å². The monoisotopic (exact) mass is 490 g/mol. The Labute approximate surface area is 214 Å². The number of hydrogen-bond donors (Lipinski definition) is 1. The predicted octanol–water partition coefficient (Wildman–Crippen LogP) is 4.32. The molecule has 1 saturated heterocycles. The van der Waals surface area contributed by atoms with Gasteiger partial charge < -0.3 is 20.0 Å². The summed E-state index contributed by atoms with van der Waals surface area (Å²) in [4.78, 5) is 44.2. The van der Waals surface area contributed by atoms with Crippen LogP contribution in [0.3, 0.4) is 0 Å². The van der Waals surface area contributed by atoms with Gasteiger partial charge in [0, 0.05) is 55.1 Å². The molecule has 2 aromatic rings. The highest BCUT2D eigenvalue weighted by atomic mass is 16.2. The molecule has 7 nitrogen and oxygen atoms in total. The molecule has 2 fully saturated rings. The summed E-state index contributed by atoms with van der Waals surface area (Å²) in [5.74, 6) is 0.0701. The van der Waals surface area contributed by atoms with Gasteiger partial charge in [0.25, 0.3) is 5.91 Å². The molecule has 0 spiro atoms. The lowest BCUT2D eigenvalue weighted by Gasteiger charge is -2.36. The van der Waals surface area contributed by atoms with Crippen LogP contribution >= 0.6 is 0 Å². The Kier molecular flexibility index (Phi) is 8.28. The van der Waals surface area contributed by atoms with Gasteiger partial charge in [-0.1, -0.05) is 30.5 Å². The van der Waals surface area contributed by atoms with Crippen LogP contribution in [0.4, 0.5) is 11.4 Å². The smallest absolute Gasteiger partial charge is 0.253 e. The van der Waals surface area contributed by atoms with Gasteiger partial charge in [0.15, 0.2) is 0 Å². The van der Waals surface area contributed by atoms with Crippen LogP contribution in [0, 0.1) is 12.8 Å². The lowest BCUT2D eigenvalue weighted by Crippen LogP contribution is -2.48. The molecule has 36 heavy (non-hydrogen) atoms. The summed E-state index contributed by atoms with van der Waals surface area (Å²) in [6.45, 7) is 8.88. The van der Waals surface area contributed by atoms with Crippen molar-refractivity contribution in [3.8, 4) is 0 Å². The summed E-state index contributed by atoms with van der Waals surface area (Å²) in [6.07, 6.45) is 4.05. The van der Waals surface area contributed by atoms with E-state index in [4.69, 9.17) is 0 Å². The van der Waals surface area contributed by atoms with Crippen LogP contribution in [0.15, 0.2) is 48.5 Å². The highest BCUT2D eigenvalue weighted by Gasteiger charge is 2.30. The third kappa shape index (κ3) is 6.25. The Bertz CT molecular complexity index is 1050. The maximum absolute atomic E-state index is 12.9. The second-order valence-corrected chi connectivity index (χ2v) is 10.3. The summed E-state index contributed by atoms with van der Waals surface area (Å²) >= 11 is 0. The number of nitrogens with zero attached hydrogens (tertiary/aromatic N) is 3. The topological polar surface area (TPSA) is 73.0 Å². The lowest BCUT2D eigenvalue weighted by atomic mass is 10.1. The van der Waals surface area contributed by atoms with Gasteiger partial charge in [-0.2, -0.15) is 0 Å². The Morgan fingerprint density at radius 1 is 0.917 bits per heavy atom. The van der Waals surface area contributed by atoms with E-state index in [9.17, 15) is 14.4 Å². The van der Waals surface area contributed by atoms with Crippen molar-refractivity contribution in [1.82, 2.24) is 9.80 Å². The molecule has 0 radical (unpaired) electrons. The normalized spacial score (nSPS) is 16.3. The number of benzene rings is 2. The fraction of sp³-hybridized carbons (Fsp3) is 0.483. The number of aryl methyl sites for hydroxylation is 1. The summed E-state index contributed by atoms with van der Waals surface area (Å²) < 4.78 is 0. The lowest BCUT2D eigenvalue weighted by molar-refractivity contribution is -0.140. The molecule has 0 atom stereocenters. The standard InChI is InChI=1S/C29H38N4O3/c1-21(2)33(29(36)23-6-4-5-7-23)20-27(34)30-25-12-14-26(15-13-25)31-16-18-32(19-17-31)28(35)24-10-8-22(3)9-11-24/h8-15,21,23H,4-7,16-20H2,1-3H3,(H,30,34). The molecule has 1 heterocycles. The van der Waals surface area contributed by atoms with Gasteiger partial charge in [-0.3, -0.25) is 14.4 Å². The van der Waals surface area contributed by atoms with Crippen molar-refractivity contribution in [2.75, 3.05) is 42.9 Å². The van der Waals surface area contributed by atoms with E-state index in [0.29, 0.717) is 18.8 Å². The molecule has 1 aliphatic carbocycles. The Hall–Kier alpha value is -3.35. The van der Waals surface area contributed by atoms with Crippen molar-refractivity contribution in [2.45, 2.75) is 52.5 Å². The van der Waals surface area contributed by atoms with Crippen LogP contribution in [0.5, 0.6) is 0 Å². The first-order chi connectivity index (χ1) is 17.3. The molecule has 4 rings (SSSR count). The zero-order chi connectivity index (χ0) is 25.7. The molecule has 1 saturated carbocycles. The molecule has 7 heteroatoms. The summed E-state index contributed by atoms with van der Waals surface area (Å²) in [5.41, 5.74) is 3.66. The average molecular weight is 491 g/mol. The van der Waals surface area contributed by atoms with E-state index in [1.807, 2.05) is 74.2 Å². The maximum Gasteiger partial charge on any atom is 0.253 e. The minimum Gasteiger partial charge on any atom is -0.368 e. The van der Waals surface area contributed by atoms with Crippen LogP contribution in [0.25, 0.3) is 0 Å². The molecule has 0 aromatic heterocycles. The van der Waals surface area contributed by atoms with Crippen LogP contribution < -0.4 is 10.2 Å². The highest BCUT2D eigenvalue weighted by Crippen LogP contribution is 2.27. The van der Waals surface area contributed by atoms with Gasteiger partial charge >= 0.3 is 0 Å². The predicted molar refractivity (Wildman–Crippen MR) is 143 cm³/mol. The summed E-state index contributed by atoms with van der Waals surface area (Å²) in [6, 6.07) is 15.5. The number of carbonyl (C=O) groups is 3. The maximum atomic E-state index is 12.9. The second kappa shape index (κ2) is 11.6. The minimum atomic E-state index is -0.175. The number of amides is 3. The molecular weight excluding hydrogens is 452 g/mol.